The number of carboxylic acids is 1. The molecular formula is C13H14BrN3O2. The fourth-order valence-corrected chi connectivity index (χ4v) is 2.11. The molecule has 1 aromatic heterocycles. The van der Waals surface area contributed by atoms with E-state index in [1.165, 1.54) is 0 Å². The largest absolute Gasteiger partial charge is 0.478 e. The number of nitrogens with zero attached hydrogens (tertiary/aromatic N) is 2. The van der Waals surface area contributed by atoms with Crippen LogP contribution in [0.15, 0.2) is 41.1 Å². The molecule has 100 valence electrons. The summed E-state index contributed by atoms with van der Waals surface area (Å²) in [5.41, 5.74) is 0.907. The van der Waals surface area contributed by atoms with Crippen molar-refractivity contribution in [1.82, 2.24) is 9.78 Å². The number of aryl methyl sites for hydroxylation is 1. The minimum absolute atomic E-state index is 0.280. The highest BCUT2D eigenvalue weighted by Gasteiger charge is 2.09. The van der Waals surface area contributed by atoms with Crippen LogP contribution in [0.3, 0.4) is 0 Å². The molecule has 6 heteroatoms. The summed E-state index contributed by atoms with van der Waals surface area (Å²) in [4.78, 5) is 11.1. The van der Waals surface area contributed by atoms with E-state index in [2.05, 4.69) is 26.3 Å². The molecule has 1 aromatic carbocycles. The number of nitrogens with one attached hydrogen (secondary N) is 1. The molecule has 0 bridgehead atoms. The van der Waals surface area contributed by atoms with Crippen LogP contribution in [0.4, 0.5) is 5.69 Å². The average Bonchev–Trinajstić information content (AvgIpc) is 2.87. The Hall–Kier alpha value is -1.82. The minimum Gasteiger partial charge on any atom is -0.478 e. The van der Waals surface area contributed by atoms with Gasteiger partial charge in [0.15, 0.2) is 0 Å². The number of hydrogen-bond acceptors (Lipinski definition) is 3. The first-order valence-corrected chi connectivity index (χ1v) is 6.70. The number of carbonyl (C=O) groups is 1. The number of aromatic carboxylic acids is 1. The number of halogens is 1. The lowest BCUT2D eigenvalue weighted by atomic mass is 10.2. The Labute approximate surface area is 119 Å². The Kier molecular flexibility index (Phi) is 4.57. The van der Waals surface area contributed by atoms with Crippen molar-refractivity contribution in [3.05, 3.63) is 46.7 Å². The molecule has 0 aliphatic heterocycles. The van der Waals surface area contributed by atoms with E-state index >= 15 is 0 Å². The van der Waals surface area contributed by atoms with E-state index < -0.39 is 5.97 Å². The highest BCUT2D eigenvalue weighted by Crippen LogP contribution is 2.21. The standard InChI is InChI=1S/C13H14BrN3O2/c14-10-3-4-11(13(18)19)12(9-10)15-5-1-7-17-8-2-6-16-17/h2-4,6,8-9,15H,1,5,7H2,(H,18,19). The second kappa shape index (κ2) is 6.38. The monoisotopic (exact) mass is 323 g/mol. The van der Waals surface area contributed by atoms with Crippen LogP contribution >= 0.6 is 15.9 Å². The first-order chi connectivity index (χ1) is 9.16. The molecule has 0 fully saturated rings. The topological polar surface area (TPSA) is 67.2 Å². The molecule has 2 N–H and O–H groups in total. The Morgan fingerprint density at radius 1 is 1.47 bits per heavy atom. The number of anilines is 1. The molecule has 0 unspecified atom stereocenters. The van der Waals surface area contributed by atoms with Crippen molar-refractivity contribution in [2.45, 2.75) is 13.0 Å². The van der Waals surface area contributed by atoms with Crippen molar-refractivity contribution in [2.75, 3.05) is 11.9 Å². The Bertz CT molecular complexity index is 555. The molecule has 2 rings (SSSR count). The van der Waals surface area contributed by atoms with Gasteiger partial charge in [0, 0.05) is 35.6 Å². The molecular weight excluding hydrogens is 310 g/mol. The first kappa shape index (κ1) is 13.6. The zero-order valence-corrected chi connectivity index (χ0v) is 11.8. The summed E-state index contributed by atoms with van der Waals surface area (Å²) in [5, 5.41) is 16.3. The van der Waals surface area contributed by atoms with Gasteiger partial charge in [0.2, 0.25) is 0 Å². The summed E-state index contributed by atoms with van der Waals surface area (Å²) in [6.07, 6.45) is 4.51. The molecule has 0 saturated carbocycles. The predicted molar refractivity (Wildman–Crippen MR) is 76.4 cm³/mol. The number of aromatic nitrogens is 2. The normalized spacial score (nSPS) is 10.4. The second-order valence-electron chi connectivity index (χ2n) is 4.04. The van der Waals surface area contributed by atoms with Crippen molar-refractivity contribution in [3.8, 4) is 0 Å². The van der Waals surface area contributed by atoms with Crippen LogP contribution in [0.2, 0.25) is 0 Å². The molecule has 0 radical (unpaired) electrons. The summed E-state index contributed by atoms with van der Waals surface area (Å²) in [6, 6.07) is 6.96. The van der Waals surface area contributed by atoms with Crippen LogP contribution in [-0.4, -0.2) is 27.4 Å². The quantitative estimate of drug-likeness (QED) is 0.802. The molecule has 0 aliphatic rings. The maximum Gasteiger partial charge on any atom is 0.337 e. The van der Waals surface area contributed by atoms with Gasteiger partial charge >= 0.3 is 5.97 Å². The molecule has 0 atom stereocenters. The molecule has 0 amide bonds. The van der Waals surface area contributed by atoms with Crippen molar-refractivity contribution in [2.24, 2.45) is 0 Å². The minimum atomic E-state index is -0.929. The van der Waals surface area contributed by atoms with Gasteiger partial charge < -0.3 is 10.4 Å². The third kappa shape index (κ3) is 3.82. The number of rotatable bonds is 6. The van der Waals surface area contributed by atoms with E-state index in [9.17, 15) is 4.79 Å². The third-order valence-corrected chi connectivity index (χ3v) is 3.14. The smallest absolute Gasteiger partial charge is 0.337 e. The van der Waals surface area contributed by atoms with Crippen LogP contribution in [0, 0.1) is 0 Å². The van der Waals surface area contributed by atoms with Gasteiger partial charge in [0.25, 0.3) is 0 Å². The zero-order chi connectivity index (χ0) is 13.7. The summed E-state index contributed by atoms with van der Waals surface area (Å²) >= 11 is 3.34. The molecule has 0 saturated heterocycles. The second-order valence-corrected chi connectivity index (χ2v) is 4.96. The van der Waals surface area contributed by atoms with Crippen molar-refractivity contribution < 1.29 is 9.90 Å². The maximum absolute atomic E-state index is 11.1. The van der Waals surface area contributed by atoms with Gasteiger partial charge in [-0.15, -0.1) is 0 Å². The molecule has 0 spiro atoms. The van der Waals surface area contributed by atoms with Gasteiger partial charge in [0.05, 0.1) is 5.56 Å². The van der Waals surface area contributed by atoms with E-state index in [0.29, 0.717) is 12.2 Å². The molecule has 19 heavy (non-hydrogen) atoms. The highest BCUT2D eigenvalue weighted by molar-refractivity contribution is 9.10. The van der Waals surface area contributed by atoms with Gasteiger partial charge in [0.1, 0.15) is 0 Å². The van der Waals surface area contributed by atoms with Crippen molar-refractivity contribution in [1.29, 1.82) is 0 Å². The van der Waals surface area contributed by atoms with E-state index in [0.717, 1.165) is 17.4 Å². The number of hydrogen-bond donors (Lipinski definition) is 2. The SMILES string of the molecule is O=C(O)c1ccc(Br)cc1NCCCn1cccn1. The molecule has 0 aliphatic carbocycles. The van der Waals surface area contributed by atoms with Gasteiger partial charge in [-0.3, -0.25) is 4.68 Å². The molecule has 5 nitrogen and oxygen atoms in total. The van der Waals surface area contributed by atoms with E-state index in [1.54, 1.807) is 24.4 Å². The zero-order valence-electron chi connectivity index (χ0n) is 10.2. The predicted octanol–water partition coefficient (Wildman–Crippen LogP) is 2.85. The van der Waals surface area contributed by atoms with Crippen LogP contribution in [-0.2, 0) is 6.54 Å². The fraction of sp³-hybridized carbons (Fsp3) is 0.231. The lowest BCUT2D eigenvalue weighted by molar-refractivity contribution is 0.0698. The van der Waals surface area contributed by atoms with Crippen LogP contribution in [0.5, 0.6) is 0 Å². The molecule has 2 aromatic rings. The van der Waals surface area contributed by atoms with Crippen molar-refractivity contribution >= 4 is 27.6 Å². The first-order valence-electron chi connectivity index (χ1n) is 5.91. The van der Waals surface area contributed by atoms with E-state index in [-0.39, 0.29) is 5.56 Å². The van der Waals surface area contributed by atoms with Gasteiger partial charge in [-0.05, 0) is 30.7 Å². The third-order valence-electron chi connectivity index (χ3n) is 2.65. The Morgan fingerprint density at radius 2 is 2.32 bits per heavy atom. The van der Waals surface area contributed by atoms with Crippen LogP contribution < -0.4 is 5.32 Å². The Morgan fingerprint density at radius 3 is 3.00 bits per heavy atom. The van der Waals surface area contributed by atoms with E-state index in [1.807, 2.05) is 16.9 Å². The maximum atomic E-state index is 11.1. The van der Waals surface area contributed by atoms with Gasteiger partial charge in [-0.25, -0.2) is 4.79 Å². The fourth-order valence-electron chi connectivity index (χ4n) is 1.75. The number of benzene rings is 1. The lowest BCUT2D eigenvalue weighted by Crippen LogP contribution is -2.10. The van der Waals surface area contributed by atoms with Gasteiger partial charge in [-0.1, -0.05) is 15.9 Å². The lowest BCUT2D eigenvalue weighted by Gasteiger charge is -2.10. The van der Waals surface area contributed by atoms with Crippen molar-refractivity contribution in [3.63, 3.8) is 0 Å². The summed E-state index contributed by atoms with van der Waals surface area (Å²) in [5.74, 6) is -0.929. The summed E-state index contributed by atoms with van der Waals surface area (Å²) < 4.78 is 2.70. The number of carboxylic acid groups (broad SMARTS) is 1. The summed E-state index contributed by atoms with van der Waals surface area (Å²) in [6.45, 7) is 1.49. The summed E-state index contributed by atoms with van der Waals surface area (Å²) in [7, 11) is 0. The average molecular weight is 324 g/mol. The Balaban J connectivity index is 1.91. The van der Waals surface area contributed by atoms with Crippen LogP contribution in [0.25, 0.3) is 0 Å². The van der Waals surface area contributed by atoms with Crippen LogP contribution in [0.1, 0.15) is 16.8 Å². The van der Waals surface area contributed by atoms with E-state index in [4.69, 9.17) is 5.11 Å². The molecule has 1 heterocycles. The highest BCUT2D eigenvalue weighted by atomic mass is 79.9. The van der Waals surface area contributed by atoms with Gasteiger partial charge in [-0.2, -0.15) is 5.10 Å².